The third-order valence-electron chi connectivity index (χ3n) is 5.60. The molecular formula is C19H22N4O. The summed E-state index contributed by atoms with van der Waals surface area (Å²) in [6.45, 7) is 5.10. The second kappa shape index (κ2) is 5.74. The van der Waals surface area contributed by atoms with Crippen molar-refractivity contribution < 1.29 is 4.74 Å². The molecule has 0 aliphatic carbocycles. The van der Waals surface area contributed by atoms with Crippen LogP contribution in [0.5, 0.6) is 5.75 Å². The van der Waals surface area contributed by atoms with Gasteiger partial charge in [0, 0.05) is 37.7 Å². The molecule has 4 heterocycles. The fourth-order valence-electron chi connectivity index (χ4n) is 4.33. The van der Waals surface area contributed by atoms with Crippen LogP contribution in [0.1, 0.15) is 29.7 Å². The average molecular weight is 322 g/mol. The van der Waals surface area contributed by atoms with Gasteiger partial charge in [0.1, 0.15) is 24.5 Å². The Morgan fingerprint density at radius 1 is 1.08 bits per heavy atom. The number of hydrogen-bond donors (Lipinski definition) is 0. The normalized spacial score (nSPS) is 23.0. The van der Waals surface area contributed by atoms with E-state index >= 15 is 0 Å². The first-order valence-electron chi connectivity index (χ1n) is 8.91. The van der Waals surface area contributed by atoms with Gasteiger partial charge in [-0.2, -0.15) is 0 Å². The molecule has 24 heavy (non-hydrogen) atoms. The second-order valence-corrected chi connectivity index (χ2v) is 6.97. The standard InChI is InChI=1S/C19H22N4O/c1-2-6-18-14(4-1)10-16-17(12-24-18)20-13-21-19(16)23-9-8-22-7-3-5-15(22)11-23/h1-2,4,6,13,15H,3,5,7-12H2. The van der Waals surface area contributed by atoms with E-state index in [0.717, 1.165) is 43.3 Å². The average Bonchev–Trinajstić information content (AvgIpc) is 3.00. The van der Waals surface area contributed by atoms with Gasteiger partial charge < -0.3 is 9.64 Å². The van der Waals surface area contributed by atoms with E-state index in [-0.39, 0.29) is 0 Å². The van der Waals surface area contributed by atoms with Crippen LogP contribution in [0.15, 0.2) is 30.6 Å². The first-order chi connectivity index (χ1) is 11.9. The SMILES string of the molecule is c1ccc2c(c1)Cc1c(ncnc1N1CCN3CCCC3C1)CO2. The van der Waals surface area contributed by atoms with Gasteiger partial charge in [-0.05, 0) is 31.0 Å². The molecule has 5 heteroatoms. The van der Waals surface area contributed by atoms with Crippen molar-refractivity contribution in [3.63, 3.8) is 0 Å². The van der Waals surface area contributed by atoms with Gasteiger partial charge in [0.15, 0.2) is 0 Å². The third kappa shape index (κ3) is 2.35. The molecule has 5 rings (SSSR count). The zero-order valence-electron chi connectivity index (χ0n) is 13.8. The largest absolute Gasteiger partial charge is 0.487 e. The number of piperazine rings is 1. The highest BCUT2D eigenvalue weighted by Crippen LogP contribution is 2.33. The van der Waals surface area contributed by atoms with E-state index in [1.54, 1.807) is 6.33 Å². The number of nitrogens with zero attached hydrogens (tertiary/aromatic N) is 4. The van der Waals surface area contributed by atoms with E-state index in [0.29, 0.717) is 12.6 Å². The van der Waals surface area contributed by atoms with E-state index < -0.39 is 0 Å². The Kier molecular flexibility index (Phi) is 3.40. The molecule has 1 unspecified atom stereocenters. The topological polar surface area (TPSA) is 41.5 Å². The van der Waals surface area contributed by atoms with Crippen molar-refractivity contribution in [2.75, 3.05) is 31.1 Å². The number of para-hydroxylation sites is 1. The molecule has 0 amide bonds. The highest BCUT2D eigenvalue weighted by atomic mass is 16.5. The van der Waals surface area contributed by atoms with Gasteiger partial charge in [0.2, 0.25) is 0 Å². The second-order valence-electron chi connectivity index (χ2n) is 6.97. The number of rotatable bonds is 1. The maximum absolute atomic E-state index is 5.97. The Balaban J connectivity index is 1.50. The van der Waals surface area contributed by atoms with Gasteiger partial charge in [-0.15, -0.1) is 0 Å². The number of aromatic nitrogens is 2. The predicted octanol–water partition coefficient (Wildman–Crippen LogP) is 2.24. The minimum Gasteiger partial charge on any atom is -0.487 e. The van der Waals surface area contributed by atoms with E-state index in [9.17, 15) is 0 Å². The molecule has 0 saturated carbocycles. The lowest BCUT2D eigenvalue weighted by molar-refractivity contribution is 0.230. The van der Waals surface area contributed by atoms with Crippen molar-refractivity contribution >= 4 is 5.82 Å². The van der Waals surface area contributed by atoms with Crippen LogP contribution in [0.4, 0.5) is 5.82 Å². The monoisotopic (exact) mass is 322 g/mol. The maximum atomic E-state index is 5.97. The fourth-order valence-corrected chi connectivity index (χ4v) is 4.33. The van der Waals surface area contributed by atoms with Crippen molar-refractivity contribution in [2.24, 2.45) is 0 Å². The summed E-state index contributed by atoms with van der Waals surface area (Å²) in [5.74, 6) is 2.09. The van der Waals surface area contributed by atoms with Crippen molar-refractivity contribution in [1.29, 1.82) is 0 Å². The summed E-state index contributed by atoms with van der Waals surface area (Å²) in [5.41, 5.74) is 3.51. The molecule has 0 spiro atoms. The summed E-state index contributed by atoms with van der Waals surface area (Å²) in [7, 11) is 0. The maximum Gasteiger partial charge on any atom is 0.136 e. The third-order valence-corrected chi connectivity index (χ3v) is 5.60. The fraction of sp³-hybridized carbons (Fsp3) is 0.474. The van der Waals surface area contributed by atoms with Crippen LogP contribution in [-0.2, 0) is 13.0 Å². The summed E-state index contributed by atoms with van der Waals surface area (Å²) in [6.07, 6.45) is 5.21. The van der Waals surface area contributed by atoms with E-state index in [1.165, 1.54) is 30.5 Å². The summed E-state index contributed by atoms with van der Waals surface area (Å²) < 4.78 is 5.97. The zero-order chi connectivity index (χ0) is 15.9. The van der Waals surface area contributed by atoms with Gasteiger partial charge in [0.25, 0.3) is 0 Å². The quantitative estimate of drug-likeness (QED) is 0.805. The number of anilines is 1. The Hall–Kier alpha value is -2.14. The summed E-state index contributed by atoms with van der Waals surface area (Å²) in [4.78, 5) is 14.3. The minimum absolute atomic E-state index is 0.533. The lowest BCUT2D eigenvalue weighted by atomic mass is 10.0. The Labute approximate surface area is 142 Å². The van der Waals surface area contributed by atoms with Crippen molar-refractivity contribution in [3.05, 3.63) is 47.4 Å². The number of benzene rings is 1. The van der Waals surface area contributed by atoms with E-state index in [4.69, 9.17) is 4.74 Å². The molecule has 3 aliphatic rings. The van der Waals surface area contributed by atoms with Crippen molar-refractivity contribution in [2.45, 2.75) is 31.9 Å². The Morgan fingerprint density at radius 3 is 3.04 bits per heavy atom. The molecule has 2 fully saturated rings. The van der Waals surface area contributed by atoms with Crippen LogP contribution < -0.4 is 9.64 Å². The van der Waals surface area contributed by atoms with Gasteiger partial charge in [-0.1, -0.05) is 18.2 Å². The molecule has 2 aromatic rings. The molecule has 0 N–H and O–H groups in total. The summed E-state index contributed by atoms with van der Waals surface area (Å²) >= 11 is 0. The molecule has 1 aromatic carbocycles. The van der Waals surface area contributed by atoms with Crippen LogP contribution in [0, 0.1) is 0 Å². The first-order valence-corrected chi connectivity index (χ1v) is 8.91. The van der Waals surface area contributed by atoms with Crippen LogP contribution >= 0.6 is 0 Å². The predicted molar refractivity (Wildman–Crippen MR) is 92.4 cm³/mol. The van der Waals surface area contributed by atoms with Crippen LogP contribution in [-0.4, -0.2) is 47.1 Å². The molecule has 0 bridgehead atoms. The molecule has 1 atom stereocenters. The molecular weight excluding hydrogens is 300 g/mol. The number of ether oxygens (including phenoxy) is 1. The Bertz CT molecular complexity index is 763. The van der Waals surface area contributed by atoms with Gasteiger partial charge >= 0.3 is 0 Å². The van der Waals surface area contributed by atoms with Crippen molar-refractivity contribution in [3.8, 4) is 5.75 Å². The zero-order valence-corrected chi connectivity index (χ0v) is 13.8. The highest BCUT2D eigenvalue weighted by molar-refractivity contribution is 5.54. The van der Waals surface area contributed by atoms with Gasteiger partial charge in [-0.3, -0.25) is 4.90 Å². The minimum atomic E-state index is 0.533. The van der Waals surface area contributed by atoms with E-state index in [2.05, 4.69) is 31.9 Å². The molecule has 3 aliphatic heterocycles. The van der Waals surface area contributed by atoms with Gasteiger partial charge in [-0.25, -0.2) is 9.97 Å². The molecule has 0 radical (unpaired) electrons. The lowest BCUT2D eigenvalue weighted by Gasteiger charge is -2.38. The van der Waals surface area contributed by atoms with E-state index in [1.807, 2.05) is 12.1 Å². The van der Waals surface area contributed by atoms with Crippen LogP contribution in [0.3, 0.4) is 0 Å². The molecule has 2 saturated heterocycles. The van der Waals surface area contributed by atoms with Crippen molar-refractivity contribution in [1.82, 2.24) is 14.9 Å². The number of fused-ring (bicyclic) bond motifs is 3. The van der Waals surface area contributed by atoms with Crippen LogP contribution in [0.25, 0.3) is 0 Å². The smallest absolute Gasteiger partial charge is 0.136 e. The first kappa shape index (κ1) is 14.2. The molecule has 124 valence electrons. The van der Waals surface area contributed by atoms with Crippen LogP contribution in [0.2, 0.25) is 0 Å². The number of hydrogen-bond acceptors (Lipinski definition) is 5. The Morgan fingerprint density at radius 2 is 2.04 bits per heavy atom. The summed E-state index contributed by atoms with van der Waals surface area (Å²) in [5, 5.41) is 0. The molecule has 5 nitrogen and oxygen atoms in total. The lowest BCUT2D eigenvalue weighted by Crippen LogP contribution is -2.50. The molecule has 1 aromatic heterocycles. The van der Waals surface area contributed by atoms with Gasteiger partial charge in [0.05, 0.1) is 5.69 Å². The summed E-state index contributed by atoms with van der Waals surface area (Å²) in [6, 6.07) is 9.00. The highest BCUT2D eigenvalue weighted by Gasteiger charge is 2.32.